The summed E-state index contributed by atoms with van der Waals surface area (Å²) in [6, 6.07) is 1.20. The zero-order valence-corrected chi connectivity index (χ0v) is 13.4. The van der Waals surface area contributed by atoms with E-state index in [1.807, 2.05) is 0 Å². The first-order valence-electron chi connectivity index (χ1n) is 7.55. The Hall–Kier alpha value is 0.110. The second-order valence-electron chi connectivity index (χ2n) is 6.34. The van der Waals surface area contributed by atoms with Gasteiger partial charge in [0, 0.05) is 34.9 Å². The van der Waals surface area contributed by atoms with E-state index in [1.165, 1.54) is 32.1 Å². The van der Waals surface area contributed by atoms with Gasteiger partial charge in [-0.2, -0.15) is 0 Å². The van der Waals surface area contributed by atoms with Crippen LogP contribution in [-0.4, -0.2) is 28.3 Å². The lowest BCUT2D eigenvalue weighted by molar-refractivity contribution is 0.334. The van der Waals surface area contributed by atoms with E-state index in [2.05, 4.69) is 26.1 Å². The highest BCUT2D eigenvalue weighted by atomic mass is 32.2. The first-order chi connectivity index (χ1) is 8.49. The Morgan fingerprint density at radius 3 is 2.50 bits per heavy atom. The van der Waals surface area contributed by atoms with Gasteiger partial charge in [0.2, 0.25) is 0 Å². The van der Waals surface area contributed by atoms with E-state index in [0.717, 1.165) is 24.0 Å². The Bertz CT molecular complexity index is 255. The van der Waals surface area contributed by atoms with E-state index >= 15 is 0 Å². The molecule has 2 nitrogen and oxygen atoms in total. The summed E-state index contributed by atoms with van der Waals surface area (Å²) in [5, 5.41) is 3.74. The molecule has 0 saturated heterocycles. The van der Waals surface area contributed by atoms with Crippen LogP contribution in [0.15, 0.2) is 0 Å². The molecule has 4 atom stereocenters. The molecule has 0 radical (unpaired) electrons. The number of nitrogens with one attached hydrogen (secondary N) is 1. The van der Waals surface area contributed by atoms with Gasteiger partial charge in [-0.25, -0.2) is 0 Å². The van der Waals surface area contributed by atoms with E-state index in [4.69, 9.17) is 0 Å². The van der Waals surface area contributed by atoms with Crippen molar-refractivity contribution in [1.82, 2.24) is 5.32 Å². The van der Waals surface area contributed by atoms with E-state index in [-0.39, 0.29) is 0 Å². The molecule has 0 aliphatic heterocycles. The summed E-state index contributed by atoms with van der Waals surface area (Å²) in [5.41, 5.74) is 0. The van der Waals surface area contributed by atoms with E-state index < -0.39 is 10.8 Å². The topological polar surface area (TPSA) is 29.1 Å². The molecule has 1 rings (SSSR count). The van der Waals surface area contributed by atoms with Gasteiger partial charge >= 0.3 is 0 Å². The Balaban J connectivity index is 2.28. The van der Waals surface area contributed by atoms with Crippen molar-refractivity contribution < 1.29 is 4.21 Å². The van der Waals surface area contributed by atoms with Crippen molar-refractivity contribution in [3.63, 3.8) is 0 Å². The van der Waals surface area contributed by atoms with Crippen LogP contribution in [0.2, 0.25) is 0 Å². The maximum Gasteiger partial charge on any atom is 0.0246 e. The fourth-order valence-corrected chi connectivity index (χ4v) is 3.68. The molecule has 1 aliphatic rings. The molecule has 0 aromatic rings. The van der Waals surface area contributed by atoms with Crippen molar-refractivity contribution in [3.8, 4) is 0 Å². The molecule has 1 fully saturated rings. The second-order valence-corrected chi connectivity index (χ2v) is 7.90. The molecule has 1 N–H and O–H groups in total. The van der Waals surface area contributed by atoms with Gasteiger partial charge in [-0.05, 0) is 44.4 Å². The minimum absolute atomic E-state index is 0.509. The molecule has 0 heterocycles. The Morgan fingerprint density at radius 2 is 1.89 bits per heavy atom. The lowest BCUT2D eigenvalue weighted by Gasteiger charge is -2.22. The Morgan fingerprint density at radius 1 is 1.17 bits per heavy atom. The summed E-state index contributed by atoms with van der Waals surface area (Å²) in [6.45, 7) is 6.95. The summed E-state index contributed by atoms with van der Waals surface area (Å²) in [7, 11) is -0.648. The largest absolute Gasteiger partial charge is 0.311 e. The van der Waals surface area contributed by atoms with Gasteiger partial charge in [-0.3, -0.25) is 4.21 Å². The van der Waals surface area contributed by atoms with Crippen molar-refractivity contribution in [2.45, 2.75) is 71.4 Å². The molecule has 0 spiro atoms. The smallest absolute Gasteiger partial charge is 0.0246 e. The van der Waals surface area contributed by atoms with Gasteiger partial charge in [-0.1, -0.05) is 26.7 Å². The summed E-state index contributed by atoms with van der Waals surface area (Å²) >= 11 is 0. The van der Waals surface area contributed by atoms with Crippen LogP contribution in [0.1, 0.15) is 59.3 Å². The zero-order chi connectivity index (χ0) is 13.5. The van der Waals surface area contributed by atoms with E-state index in [9.17, 15) is 4.21 Å². The number of rotatable bonds is 6. The fraction of sp³-hybridized carbons (Fsp3) is 1.00. The zero-order valence-electron chi connectivity index (χ0n) is 12.6. The molecule has 108 valence electrons. The van der Waals surface area contributed by atoms with Gasteiger partial charge in [0.1, 0.15) is 0 Å². The van der Waals surface area contributed by atoms with Gasteiger partial charge in [0.25, 0.3) is 0 Å². The molecule has 0 amide bonds. The quantitative estimate of drug-likeness (QED) is 0.752. The van der Waals surface area contributed by atoms with Crippen LogP contribution >= 0.6 is 0 Å². The van der Waals surface area contributed by atoms with E-state index in [1.54, 1.807) is 6.26 Å². The van der Waals surface area contributed by atoms with Gasteiger partial charge in [0.15, 0.2) is 0 Å². The van der Waals surface area contributed by atoms with Gasteiger partial charge < -0.3 is 5.32 Å². The third-order valence-electron chi connectivity index (χ3n) is 4.31. The standard InChI is InChI=1S/C15H31NOS/c1-12(2)14-6-5-7-15(9-8-14)16-13(3)10-11-18(4)17/h12-16H,5-11H2,1-4H3. The highest BCUT2D eigenvalue weighted by Gasteiger charge is 2.21. The van der Waals surface area contributed by atoms with Crippen LogP contribution in [0.5, 0.6) is 0 Å². The lowest BCUT2D eigenvalue weighted by Crippen LogP contribution is -2.37. The predicted octanol–water partition coefficient (Wildman–Crippen LogP) is 3.34. The molecule has 3 heteroatoms. The van der Waals surface area contributed by atoms with Crippen molar-refractivity contribution in [2.75, 3.05) is 12.0 Å². The first-order valence-corrected chi connectivity index (χ1v) is 9.27. The number of hydrogen-bond acceptors (Lipinski definition) is 2. The molecular formula is C15H31NOS. The molecule has 18 heavy (non-hydrogen) atoms. The summed E-state index contributed by atoms with van der Waals surface area (Å²) < 4.78 is 11.1. The maximum absolute atomic E-state index is 11.1. The van der Waals surface area contributed by atoms with Crippen LogP contribution in [0.3, 0.4) is 0 Å². The molecule has 0 aromatic heterocycles. The monoisotopic (exact) mass is 273 g/mol. The van der Waals surface area contributed by atoms with Crippen LogP contribution in [-0.2, 0) is 10.8 Å². The first kappa shape index (κ1) is 16.2. The summed E-state index contributed by atoms with van der Waals surface area (Å²) in [4.78, 5) is 0. The van der Waals surface area contributed by atoms with Gasteiger partial charge in [-0.15, -0.1) is 0 Å². The maximum atomic E-state index is 11.1. The molecule has 0 bridgehead atoms. The number of hydrogen-bond donors (Lipinski definition) is 1. The highest BCUT2D eigenvalue weighted by Crippen LogP contribution is 2.28. The molecule has 1 aliphatic carbocycles. The molecule has 1 saturated carbocycles. The summed E-state index contributed by atoms with van der Waals surface area (Å²) in [6.07, 6.45) is 9.63. The highest BCUT2D eigenvalue weighted by molar-refractivity contribution is 7.84. The van der Waals surface area contributed by atoms with Crippen molar-refractivity contribution in [3.05, 3.63) is 0 Å². The van der Waals surface area contributed by atoms with Gasteiger partial charge in [0.05, 0.1) is 0 Å². The predicted molar refractivity (Wildman–Crippen MR) is 81.3 cm³/mol. The van der Waals surface area contributed by atoms with Crippen molar-refractivity contribution in [1.29, 1.82) is 0 Å². The minimum Gasteiger partial charge on any atom is -0.311 e. The van der Waals surface area contributed by atoms with Crippen molar-refractivity contribution >= 4 is 10.8 Å². The Kier molecular flexibility index (Phi) is 7.47. The van der Waals surface area contributed by atoms with Crippen LogP contribution < -0.4 is 5.32 Å². The average Bonchev–Trinajstić information content (AvgIpc) is 2.52. The van der Waals surface area contributed by atoms with Crippen LogP contribution in [0, 0.1) is 11.8 Å². The second kappa shape index (κ2) is 8.31. The third kappa shape index (κ3) is 6.33. The van der Waals surface area contributed by atoms with Crippen molar-refractivity contribution in [2.24, 2.45) is 11.8 Å². The Labute approximate surface area is 116 Å². The average molecular weight is 273 g/mol. The third-order valence-corrected chi connectivity index (χ3v) is 5.13. The minimum atomic E-state index is -0.648. The summed E-state index contributed by atoms with van der Waals surface area (Å²) in [5.74, 6) is 2.59. The lowest BCUT2D eigenvalue weighted by atomic mass is 9.89. The fourth-order valence-electron chi connectivity index (χ4n) is 2.99. The molecular weight excluding hydrogens is 242 g/mol. The SMILES string of the molecule is CC(CCS(C)=O)NC1CCCC(C(C)C)CC1. The van der Waals surface area contributed by atoms with Crippen LogP contribution in [0.25, 0.3) is 0 Å². The van der Waals surface area contributed by atoms with E-state index in [0.29, 0.717) is 12.1 Å². The normalized spacial score (nSPS) is 28.9. The molecule has 0 aromatic carbocycles. The molecule has 4 unspecified atom stereocenters. The van der Waals surface area contributed by atoms with Crippen LogP contribution in [0.4, 0.5) is 0 Å².